The SMILES string of the molecule is NC(=S)c1ccc(S(=O)(=O)NCCc2ncc[nH]2)c(Cl)c1. The standard InChI is InChI=1S/C12H13ClN4O2S2/c13-9-7-8(12(14)20)1-2-10(9)21(18,19)17-4-3-11-15-5-6-16-11/h1-2,5-7,17H,3-4H2,(H2,14,20)(H,15,16). The normalized spacial score (nSPS) is 11.5. The second-order valence-corrected chi connectivity index (χ2v) is 6.78. The zero-order valence-corrected chi connectivity index (χ0v) is 13.2. The van der Waals surface area contributed by atoms with Crippen LogP contribution in [0.5, 0.6) is 0 Å². The summed E-state index contributed by atoms with van der Waals surface area (Å²) in [6, 6.07) is 4.34. The quantitative estimate of drug-likeness (QED) is 0.684. The molecule has 1 aromatic carbocycles. The van der Waals surface area contributed by atoms with Crippen LogP contribution in [0.25, 0.3) is 0 Å². The molecule has 0 amide bonds. The highest BCUT2D eigenvalue weighted by atomic mass is 35.5. The summed E-state index contributed by atoms with van der Waals surface area (Å²) in [5.74, 6) is 0.702. The Balaban J connectivity index is 2.10. The Hall–Kier alpha value is -1.48. The summed E-state index contributed by atoms with van der Waals surface area (Å²) in [5.41, 5.74) is 5.99. The number of nitrogens with zero attached hydrogens (tertiary/aromatic N) is 1. The van der Waals surface area contributed by atoms with Crippen LogP contribution in [0.2, 0.25) is 5.02 Å². The average molecular weight is 345 g/mol. The molecule has 0 saturated carbocycles. The van der Waals surface area contributed by atoms with Gasteiger partial charge in [0.25, 0.3) is 0 Å². The molecule has 0 atom stereocenters. The number of benzene rings is 1. The number of rotatable bonds is 6. The molecule has 4 N–H and O–H groups in total. The molecule has 0 spiro atoms. The Morgan fingerprint density at radius 2 is 2.24 bits per heavy atom. The first-order chi connectivity index (χ1) is 9.90. The van der Waals surface area contributed by atoms with Crippen molar-refractivity contribution in [2.24, 2.45) is 5.73 Å². The van der Waals surface area contributed by atoms with Crippen LogP contribution in [-0.2, 0) is 16.4 Å². The molecule has 0 saturated heterocycles. The van der Waals surface area contributed by atoms with Crippen molar-refractivity contribution in [2.45, 2.75) is 11.3 Å². The summed E-state index contributed by atoms with van der Waals surface area (Å²) < 4.78 is 26.8. The van der Waals surface area contributed by atoms with Crippen molar-refractivity contribution in [3.63, 3.8) is 0 Å². The summed E-state index contributed by atoms with van der Waals surface area (Å²) >= 11 is 10.8. The van der Waals surface area contributed by atoms with Gasteiger partial charge in [-0.1, -0.05) is 29.9 Å². The van der Waals surface area contributed by atoms with Gasteiger partial charge in [0.15, 0.2) is 0 Å². The van der Waals surface area contributed by atoms with Crippen molar-refractivity contribution in [1.29, 1.82) is 0 Å². The second kappa shape index (κ2) is 6.52. The Morgan fingerprint density at radius 1 is 1.48 bits per heavy atom. The first-order valence-corrected chi connectivity index (χ1v) is 8.24. The Kier molecular flexibility index (Phi) is 4.94. The van der Waals surface area contributed by atoms with Crippen LogP contribution in [0.4, 0.5) is 0 Å². The Morgan fingerprint density at radius 3 is 2.81 bits per heavy atom. The molecule has 6 nitrogen and oxygen atoms in total. The van der Waals surface area contributed by atoms with Gasteiger partial charge in [0.1, 0.15) is 15.7 Å². The molecule has 0 aliphatic heterocycles. The number of hydrogen-bond donors (Lipinski definition) is 3. The van der Waals surface area contributed by atoms with Gasteiger partial charge in [-0.2, -0.15) is 0 Å². The molecule has 112 valence electrons. The fraction of sp³-hybridized carbons (Fsp3) is 0.167. The molecule has 2 rings (SSSR count). The fourth-order valence-corrected chi connectivity index (χ4v) is 3.39. The molecule has 1 heterocycles. The van der Waals surface area contributed by atoms with Crippen molar-refractivity contribution in [1.82, 2.24) is 14.7 Å². The number of hydrogen-bond acceptors (Lipinski definition) is 4. The lowest BCUT2D eigenvalue weighted by atomic mass is 10.2. The van der Waals surface area contributed by atoms with Crippen LogP contribution in [0.3, 0.4) is 0 Å². The van der Waals surface area contributed by atoms with E-state index in [2.05, 4.69) is 14.7 Å². The van der Waals surface area contributed by atoms with E-state index in [-0.39, 0.29) is 21.5 Å². The number of nitrogens with one attached hydrogen (secondary N) is 2. The van der Waals surface area contributed by atoms with E-state index in [1.807, 2.05) is 0 Å². The van der Waals surface area contributed by atoms with Gasteiger partial charge in [-0.3, -0.25) is 0 Å². The maximum absolute atomic E-state index is 12.2. The van der Waals surface area contributed by atoms with Crippen molar-refractivity contribution in [3.8, 4) is 0 Å². The molecule has 0 fully saturated rings. The van der Waals surface area contributed by atoms with Gasteiger partial charge in [-0.05, 0) is 12.1 Å². The first-order valence-electron chi connectivity index (χ1n) is 5.97. The molecule has 9 heteroatoms. The van der Waals surface area contributed by atoms with Gasteiger partial charge < -0.3 is 10.7 Å². The third-order valence-corrected chi connectivity index (χ3v) is 4.89. The number of sulfonamides is 1. The lowest BCUT2D eigenvalue weighted by Crippen LogP contribution is -2.26. The summed E-state index contributed by atoms with van der Waals surface area (Å²) in [5, 5.41) is 0.0748. The topological polar surface area (TPSA) is 101 Å². The smallest absolute Gasteiger partial charge is 0.242 e. The zero-order chi connectivity index (χ0) is 15.5. The molecule has 2 aromatic rings. The Labute approximate surface area is 132 Å². The number of aromatic nitrogens is 2. The van der Waals surface area contributed by atoms with E-state index in [0.717, 1.165) is 0 Å². The summed E-state index contributed by atoms with van der Waals surface area (Å²) in [4.78, 5) is 7.06. The highest BCUT2D eigenvalue weighted by Gasteiger charge is 2.18. The molecule has 21 heavy (non-hydrogen) atoms. The van der Waals surface area contributed by atoms with Crippen LogP contribution in [0.1, 0.15) is 11.4 Å². The highest BCUT2D eigenvalue weighted by molar-refractivity contribution is 7.89. The highest BCUT2D eigenvalue weighted by Crippen LogP contribution is 2.22. The van der Waals surface area contributed by atoms with E-state index in [4.69, 9.17) is 29.6 Å². The third kappa shape index (κ3) is 4.01. The molecule has 0 bridgehead atoms. The average Bonchev–Trinajstić information content (AvgIpc) is 2.91. The minimum absolute atomic E-state index is 0.0105. The molecule has 0 unspecified atom stereocenters. The van der Waals surface area contributed by atoms with Crippen molar-refractivity contribution in [3.05, 3.63) is 47.0 Å². The predicted octanol–water partition coefficient (Wildman–Crippen LogP) is 1.22. The van der Waals surface area contributed by atoms with Gasteiger partial charge >= 0.3 is 0 Å². The van der Waals surface area contributed by atoms with E-state index in [0.29, 0.717) is 17.8 Å². The van der Waals surface area contributed by atoms with Crippen LogP contribution in [0.15, 0.2) is 35.5 Å². The van der Waals surface area contributed by atoms with E-state index in [9.17, 15) is 8.42 Å². The summed E-state index contributed by atoms with van der Waals surface area (Å²) in [6.45, 7) is 0.212. The largest absolute Gasteiger partial charge is 0.389 e. The number of halogens is 1. The molecule has 0 aliphatic carbocycles. The Bertz CT molecular complexity index is 745. The van der Waals surface area contributed by atoms with Crippen molar-refractivity contribution < 1.29 is 8.42 Å². The lowest BCUT2D eigenvalue weighted by Gasteiger charge is -2.09. The van der Waals surface area contributed by atoms with Gasteiger partial charge in [-0.25, -0.2) is 18.1 Å². The number of H-pyrrole nitrogens is 1. The number of aromatic amines is 1. The molecular formula is C12H13ClN4O2S2. The van der Waals surface area contributed by atoms with Crippen LogP contribution >= 0.6 is 23.8 Å². The van der Waals surface area contributed by atoms with Crippen LogP contribution in [-0.4, -0.2) is 29.9 Å². The van der Waals surface area contributed by atoms with Gasteiger partial charge in [0.2, 0.25) is 10.0 Å². The minimum Gasteiger partial charge on any atom is -0.389 e. The third-order valence-electron chi connectivity index (χ3n) is 2.71. The molecule has 0 radical (unpaired) electrons. The van der Waals surface area contributed by atoms with Gasteiger partial charge in [0.05, 0.1) is 5.02 Å². The minimum atomic E-state index is -3.69. The van der Waals surface area contributed by atoms with E-state index < -0.39 is 10.0 Å². The van der Waals surface area contributed by atoms with E-state index in [1.165, 1.54) is 18.2 Å². The summed E-state index contributed by atoms with van der Waals surface area (Å²) in [6.07, 6.45) is 3.74. The number of nitrogens with two attached hydrogens (primary N) is 1. The van der Waals surface area contributed by atoms with E-state index >= 15 is 0 Å². The lowest BCUT2D eigenvalue weighted by molar-refractivity contribution is 0.581. The molecule has 0 aliphatic rings. The monoisotopic (exact) mass is 344 g/mol. The summed E-state index contributed by atoms with van der Waals surface area (Å²) in [7, 11) is -3.69. The van der Waals surface area contributed by atoms with Crippen molar-refractivity contribution in [2.75, 3.05) is 6.54 Å². The maximum atomic E-state index is 12.2. The van der Waals surface area contributed by atoms with E-state index in [1.54, 1.807) is 12.4 Å². The predicted molar refractivity (Wildman–Crippen MR) is 84.8 cm³/mol. The maximum Gasteiger partial charge on any atom is 0.242 e. The van der Waals surface area contributed by atoms with Crippen LogP contribution in [0, 0.1) is 0 Å². The fourth-order valence-electron chi connectivity index (χ4n) is 1.69. The first kappa shape index (κ1) is 15.9. The number of imidazole rings is 1. The second-order valence-electron chi connectivity index (χ2n) is 4.19. The van der Waals surface area contributed by atoms with Gasteiger partial charge in [-0.15, -0.1) is 0 Å². The van der Waals surface area contributed by atoms with Crippen molar-refractivity contribution >= 4 is 38.8 Å². The van der Waals surface area contributed by atoms with Crippen LogP contribution < -0.4 is 10.5 Å². The molecule has 1 aromatic heterocycles. The zero-order valence-electron chi connectivity index (χ0n) is 10.8. The van der Waals surface area contributed by atoms with Gasteiger partial charge in [0, 0.05) is 30.9 Å². The molecular weight excluding hydrogens is 332 g/mol. The number of thiocarbonyl (C=S) groups is 1.